The lowest BCUT2D eigenvalue weighted by Gasteiger charge is -2.25. The molecular weight excluding hydrogens is 359 g/mol. The molecule has 140 valence electrons. The van der Waals surface area contributed by atoms with Gasteiger partial charge in [-0.05, 0) is 25.3 Å². The molecule has 2 rings (SSSR count). The number of sulfonamides is 1. The number of nitrogens with one attached hydrogen (secondary N) is 1. The van der Waals surface area contributed by atoms with Crippen LogP contribution in [0.25, 0.3) is 0 Å². The molecule has 2 heterocycles. The van der Waals surface area contributed by atoms with Crippen molar-refractivity contribution in [1.29, 1.82) is 0 Å². The summed E-state index contributed by atoms with van der Waals surface area (Å²) in [5, 5.41) is 2.33. The first-order chi connectivity index (χ1) is 11.7. The zero-order valence-electron chi connectivity index (χ0n) is 13.6. The number of hydrogen-bond donors (Lipinski definition) is 1. The third-order valence-corrected chi connectivity index (χ3v) is 5.90. The van der Waals surface area contributed by atoms with E-state index in [1.165, 1.54) is 4.31 Å². The fourth-order valence-corrected chi connectivity index (χ4v) is 4.23. The monoisotopic (exact) mass is 379 g/mol. The summed E-state index contributed by atoms with van der Waals surface area (Å²) in [4.78, 5) is 15.5. The van der Waals surface area contributed by atoms with E-state index in [4.69, 9.17) is 0 Å². The molecule has 1 saturated heterocycles. The summed E-state index contributed by atoms with van der Waals surface area (Å²) in [6.07, 6.45) is -0.0457. The van der Waals surface area contributed by atoms with Crippen LogP contribution in [0.2, 0.25) is 0 Å². The Labute approximate surface area is 144 Å². The number of amides is 1. The Bertz CT molecular complexity index is 701. The Hall–Kier alpha value is -1.68. The topological polar surface area (TPSA) is 79.4 Å². The molecule has 1 aliphatic heterocycles. The van der Waals surface area contributed by atoms with E-state index in [0.29, 0.717) is 13.1 Å². The minimum absolute atomic E-state index is 0.0297. The number of piperidine rings is 1. The summed E-state index contributed by atoms with van der Waals surface area (Å²) in [6, 6.07) is 0.732. The largest absolute Gasteiger partial charge is 0.417 e. The highest BCUT2D eigenvalue weighted by atomic mass is 32.2. The van der Waals surface area contributed by atoms with E-state index in [1.54, 1.807) is 0 Å². The Morgan fingerprint density at radius 2 is 1.92 bits per heavy atom. The first-order valence-electron chi connectivity index (χ1n) is 7.99. The number of alkyl halides is 3. The number of hydrogen-bond acceptors (Lipinski definition) is 4. The van der Waals surface area contributed by atoms with Gasteiger partial charge in [-0.2, -0.15) is 13.2 Å². The Kier molecular flexibility index (Phi) is 6.39. The number of carbonyl (C=O) groups excluding carboxylic acids is 1. The summed E-state index contributed by atoms with van der Waals surface area (Å²) >= 11 is 0. The minimum Gasteiger partial charge on any atom is -0.352 e. The van der Waals surface area contributed by atoms with Gasteiger partial charge in [-0.25, -0.2) is 12.7 Å². The molecule has 0 atom stereocenters. The van der Waals surface area contributed by atoms with E-state index in [0.717, 1.165) is 37.7 Å². The molecule has 1 aromatic heterocycles. The molecule has 10 heteroatoms. The van der Waals surface area contributed by atoms with Crippen LogP contribution in [0.4, 0.5) is 13.2 Å². The summed E-state index contributed by atoms with van der Waals surface area (Å²) in [6.45, 7) is 0.969. The van der Waals surface area contributed by atoms with Gasteiger partial charge < -0.3 is 5.32 Å². The third kappa shape index (κ3) is 5.40. The molecule has 0 spiro atoms. The highest BCUT2D eigenvalue weighted by Crippen LogP contribution is 2.31. The fourth-order valence-electron chi connectivity index (χ4n) is 2.65. The van der Waals surface area contributed by atoms with E-state index in [1.807, 2.05) is 0 Å². The molecule has 1 aromatic rings. The summed E-state index contributed by atoms with van der Waals surface area (Å²) in [5.41, 5.74) is -1.64. The van der Waals surface area contributed by atoms with Gasteiger partial charge in [0, 0.05) is 32.0 Å². The zero-order valence-corrected chi connectivity index (χ0v) is 14.4. The van der Waals surface area contributed by atoms with Gasteiger partial charge >= 0.3 is 6.18 Å². The number of halogens is 3. The first-order valence-corrected chi connectivity index (χ1v) is 9.60. The molecule has 1 amide bonds. The summed E-state index contributed by atoms with van der Waals surface area (Å²) < 4.78 is 64.3. The van der Waals surface area contributed by atoms with Gasteiger partial charge in [0.1, 0.15) is 0 Å². The minimum atomic E-state index is -4.66. The highest BCUT2D eigenvalue weighted by Gasteiger charge is 2.35. The van der Waals surface area contributed by atoms with Crippen molar-refractivity contribution >= 4 is 15.9 Å². The van der Waals surface area contributed by atoms with E-state index < -0.39 is 33.2 Å². The van der Waals surface area contributed by atoms with Gasteiger partial charge in [0.05, 0.1) is 16.9 Å². The second-order valence-corrected chi connectivity index (χ2v) is 7.89. The molecule has 0 saturated carbocycles. The van der Waals surface area contributed by atoms with Crippen molar-refractivity contribution in [3.63, 3.8) is 0 Å². The average molecular weight is 379 g/mol. The van der Waals surface area contributed by atoms with Crippen LogP contribution in [0.5, 0.6) is 0 Å². The van der Waals surface area contributed by atoms with Gasteiger partial charge in [-0.1, -0.05) is 6.42 Å². The normalized spacial score (nSPS) is 16.6. The molecule has 0 aromatic carbocycles. The van der Waals surface area contributed by atoms with Crippen molar-refractivity contribution in [1.82, 2.24) is 14.6 Å². The first kappa shape index (κ1) is 19.6. The van der Waals surface area contributed by atoms with Crippen molar-refractivity contribution in [2.24, 2.45) is 0 Å². The SMILES string of the molecule is O=C(NCCCS(=O)(=O)N1CCCCC1)c1cnccc1C(F)(F)F. The van der Waals surface area contributed by atoms with Gasteiger partial charge in [-0.15, -0.1) is 0 Å². The quantitative estimate of drug-likeness (QED) is 0.767. The molecule has 1 N–H and O–H groups in total. The Balaban J connectivity index is 1.87. The van der Waals surface area contributed by atoms with Crippen LogP contribution in [0.1, 0.15) is 41.6 Å². The predicted molar refractivity (Wildman–Crippen MR) is 85.4 cm³/mol. The van der Waals surface area contributed by atoms with Crippen molar-refractivity contribution in [3.05, 3.63) is 29.6 Å². The van der Waals surface area contributed by atoms with E-state index in [9.17, 15) is 26.4 Å². The van der Waals surface area contributed by atoms with Crippen LogP contribution >= 0.6 is 0 Å². The van der Waals surface area contributed by atoms with Gasteiger partial charge in [0.25, 0.3) is 5.91 Å². The van der Waals surface area contributed by atoms with Crippen LogP contribution in [0.15, 0.2) is 18.5 Å². The average Bonchev–Trinajstić information content (AvgIpc) is 2.58. The molecule has 1 aliphatic rings. The van der Waals surface area contributed by atoms with Crippen molar-refractivity contribution in [3.8, 4) is 0 Å². The molecule has 0 unspecified atom stereocenters. The van der Waals surface area contributed by atoms with Crippen molar-refractivity contribution < 1.29 is 26.4 Å². The summed E-state index contributed by atoms with van der Waals surface area (Å²) in [5.74, 6) is -1.07. The molecule has 0 aliphatic carbocycles. The Morgan fingerprint density at radius 3 is 2.56 bits per heavy atom. The highest BCUT2D eigenvalue weighted by molar-refractivity contribution is 7.89. The van der Waals surface area contributed by atoms with E-state index in [-0.39, 0.29) is 18.7 Å². The third-order valence-electron chi connectivity index (χ3n) is 3.94. The van der Waals surface area contributed by atoms with Crippen molar-refractivity contribution in [2.45, 2.75) is 31.9 Å². The molecule has 25 heavy (non-hydrogen) atoms. The van der Waals surface area contributed by atoms with Crippen LogP contribution in [-0.2, 0) is 16.2 Å². The molecular formula is C15H20F3N3O3S. The molecule has 1 fully saturated rings. The molecule has 6 nitrogen and oxygen atoms in total. The fraction of sp³-hybridized carbons (Fsp3) is 0.600. The lowest BCUT2D eigenvalue weighted by Crippen LogP contribution is -2.38. The van der Waals surface area contributed by atoms with E-state index in [2.05, 4.69) is 10.3 Å². The number of rotatable bonds is 6. The maximum Gasteiger partial charge on any atom is 0.417 e. The maximum absolute atomic E-state index is 12.9. The smallest absolute Gasteiger partial charge is 0.352 e. The van der Waals surface area contributed by atoms with Gasteiger partial charge in [0.15, 0.2) is 0 Å². The predicted octanol–water partition coefficient (Wildman–Crippen LogP) is 2.04. The number of carbonyl (C=O) groups is 1. The van der Waals surface area contributed by atoms with Crippen LogP contribution < -0.4 is 5.32 Å². The van der Waals surface area contributed by atoms with Gasteiger partial charge in [-0.3, -0.25) is 9.78 Å². The van der Waals surface area contributed by atoms with Crippen LogP contribution in [0, 0.1) is 0 Å². The second-order valence-electron chi connectivity index (χ2n) is 5.80. The standard InChI is InChI=1S/C15H20F3N3O3S/c16-15(17,18)13-5-7-19-11-12(13)14(22)20-6-4-10-25(23,24)21-8-2-1-3-9-21/h5,7,11H,1-4,6,8-10H2,(H,20,22). The second kappa shape index (κ2) is 8.13. The van der Waals surface area contributed by atoms with Crippen LogP contribution in [-0.4, -0.2) is 49.0 Å². The summed E-state index contributed by atoms with van der Waals surface area (Å²) in [7, 11) is -3.39. The number of aromatic nitrogens is 1. The number of nitrogens with zero attached hydrogens (tertiary/aromatic N) is 2. The van der Waals surface area contributed by atoms with Gasteiger partial charge in [0.2, 0.25) is 10.0 Å². The lowest BCUT2D eigenvalue weighted by molar-refractivity contribution is -0.138. The zero-order chi connectivity index (χ0) is 18.5. The van der Waals surface area contributed by atoms with E-state index >= 15 is 0 Å². The number of pyridine rings is 1. The lowest BCUT2D eigenvalue weighted by atomic mass is 10.1. The Morgan fingerprint density at radius 1 is 1.24 bits per heavy atom. The molecule has 0 bridgehead atoms. The molecule has 0 radical (unpaired) electrons. The maximum atomic E-state index is 12.9. The van der Waals surface area contributed by atoms with Crippen LogP contribution in [0.3, 0.4) is 0 Å². The van der Waals surface area contributed by atoms with Crippen molar-refractivity contribution in [2.75, 3.05) is 25.4 Å².